The number of aromatic nitrogens is 3. The zero-order chi connectivity index (χ0) is 33.2. The van der Waals surface area contributed by atoms with E-state index in [1.54, 1.807) is 6.33 Å². The first-order valence-corrected chi connectivity index (χ1v) is 16.3. The molecule has 0 saturated carbocycles. The summed E-state index contributed by atoms with van der Waals surface area (Å²) in [7, 11) is 0. The van der Waals surface area contributed by atoms with Crippen LogP contribution in [0.3, 0.4) is 0 Å². The van der Waals surface area contributed by atoms with Crippen LogP contribution < -0.4 is 0 Å². The van der Waals surface area contributed by atoms with Gasteiger partial charge in [0, 0.05) is 64.9 Å². The van der Waals surface area contributed by atoms with E-state index in [-0.39, 0.29) is 42.5 Å². The average molecular weight is 807 g/mol. The second-order valence-corrected chi connectivity index (χ2v) is 12.8. The zero-order valence-electron chi connectivity index (χ0n) is 28.6. The molecular weight excluding hydrogens is 763 g/mol. The summed E-state index contributed by atoms with van der Waals surface area (Å²) in [6.45, 7) is 16.1. The van der Waals surface area contributed by atoms with Crippen LogP contribution in [-0.2, 0) is 24.9 Å². The van der Waals surface area contributed by atoms with Crippen LogP contribution in [0.25, 0.3) is 54.9 Å². The third-order valence-corrected chi connectivity index (χ3v) is 10.1. The Morgan fingerprint density at radius 1 is 0.894 bits per heavy atom. The largest absolute Gasteiger partial charge is 0.512 e. The molecule has 1 N–H and O–H groups in total. The van der Waals surface area contributed by atoms with Gasteiger partial charge in [-0.05, 0) is 62.4 Å². The van der Waals surface area contributed by atoms with Crippen LogP contribution in [0.15, 0.2) is 77.2 Å². The van der Waals surface area contributed by atoms with Gasteiger partial charge >= 0.3 is 0 Å². The maximum atomic E-state index is 12.2. The zero-order valence-corrected chi connectivity index (χ0v) is 31.0. The number of pyridine rings is 1. The van der Waals surface area contributed by atoms with Crippen LogP contribution in [0.4, 0.5) is 0 Å². The van der Waals surface area contributed by atoms with Crippen LogP contribution in [0, 0.1) is 30.7 Å². The Kier molecular flexibility index (Phi) is 11.0. The van der Waals surface area contributed by atoms with E-state index >= 15 is 0 Å². The minimum absolute atomic E-state index is 0. The van der Waals surface area contributed by atoms with Gasteiger partial charge in [-0.3, -0.25) is 14.8 Å². The average Bonchev–Trinajstić information content (AvgIpc) is 3.46. The Bertz CT molecular complexity index is 2090. The normalized spacial score (nSPS) is 12.3. The topological polar surface area (TPSA) is 89.1 Å². The predicted octanol–water partition coefficient (Wildman–Crippen LogP) is 10.8. The van der Waals surface area contributed by atoms with Crippen molar-refractivity contribution in [2.24, 2.45) is 10.8 Å². The molecule has 47 heavy (non-hydrogen) atoms. The van der Waals surface area contributed by atoms with E-state index in [1.165, 1.54) is 6.08 Å². The van der Waals surface area contributed by atoms with Gasteiger partial charge in [-0.1, -0.05) is 82.8 Å². The molecule has 0 bridgehead atoms. The molecule has 0 saturated heterocycles. The van der Waals surface area contributed by atoms with Crippen LogP contribution in [0.1, 0.15) is 78.6 Å². The minimum atomic E-state index is -0.337. The van der Waals surface area contributed by atoms with Crippen molar-refractivity contribution in [1.82, 2.24) is 15.0 Å². The predicted molar refractivity (Wildman–Crippen MR) is 189 cm³/mol. The number of carbonyl (C=O) groups is 1. The summed E-state index contributed by atoms with van der Waals surface area (Å²) >= 11 is 0. The van der Waals surface area contributed by atoms with Crippen molar-refractivity contribution < 1.29 is 34.4 Å². The molecule has 1 radical (unpaired) electrons. The SMILES string of the molecule is CCC(C)(CC)C(=O)/C=C(\O)C(C)(CC)CC.Cc1cc2ccc3c(-c4[c-]ccc5c4oc4ccccc45)ncnc3c2c(C)n1.[Ir]. The minimum Gasteiger partial charge on any atom is -0.512 e. The summed E-state index contributed by atoms with van der Waals surface area (Å²) in [5, 5.41) is 15.5. The van der Waals surface area contributed by atoms with Gasteiger partial charge in [0.05, 0.1) is 11.1 Å². The molecule has 0 amide bonds. The van der Waals surface area contributed by atoms with Gasteiger partial charge in [-0.15, -0.1) is 18.2 Å². The number of benzene rings is 3. The monoisotopic (exact) mass is 807 g/mol. The summed E-state index contributed by atoms with van der Waals surface area (Å²) in [5.41, 5.74) is 5.61. The number of para-hydroxylation sites is 1. The number of fused-ring (bicyclic) bond motifs is 6. The molecule has 0 spiro atoms. The van der Waals surface area contributed by atoms with Gasteiger partial charge < -0.3 is 9.52 Å². The number of carbonyl (C=O) groups excluding carboxylic acids is 1. The van der Waals surface area contributed by atoms with Crippen molar-refractivity contribution in [1.29, 1.82) is 0 Å². The van der Waals surface area contributed by atoms with E-state index < -0.39 is 0 Å². The third-order valence-electron chi connectivity index (χ3n) is 10.1. The van der Waals surface area contributed by atoms with Crippen LogP contribution in [0.2, 0.25) is 0 Å². The Morgan fingerprint density at radius 2 is 1.57 bits per heavy atom. The summed E-state index contributed by atoms with van der Waals surface area (Å²) in [6.07, 6.45) is 6.37. The standard InChI is InChI=1S/C25H16N3O.C15H28O2.Ir/c1-14-12-16-10-11-19-23(26-13-27-24(19)22(16)15(2)28-14)20-8-5-7-18-17-6-3-4-9-21(17)29-25(18)20;1-7-14(5,8-2)12(16)11-13(17)15(6,9-3)10-4;/h3-7,9-13H,1-2H3;11,16H,7-10H2,1-6H3;/q-1;;/b;12-11-;. The Labute approximate surface area is 291 Å². The molecule has 6 rings (SSSR count). The number of aryl methyl sites for hydroxylation is 2. The Balaban J connectivity index is 0.000000242. The summed E-state index contributed by atoms with van der Waals surface area (Å²) in [5.74, 6) is 0.286. The number of ketones is 1. The maximum Gasteiger partial charge on any atom is 0.164 e. The van der Waals surface area contributed by atoms with Crippen LogP contribution >= 0.6 is 0 Å². The van der Waals surface area contributed by atoms with Gasteiger partial charge in [0.2, 0.25) is 0 Å². The number of aliphatic hydroxyl groups is 1. The van der Waals surface area contributed by atoms with Crippen molar-refractivity contribution in [2.75, 3.05) is 0 Å². The van der Waals surface area contributed by atoms with Gasteiger partial charge in [0.1, 0.15) is 17.7 Å². The van der Waals surface area contributed by atoms with E-state index in [2.05, 4.69) is 45.3 Å². The number of aliphatic hydroxyl groups excluding tert-OH is 1. The Morgan fingerprint density at radius 3 is 2.26 bits per heavy atom. The van der Waals surface area contributed by atoms with Crippen molar-refractivity contribution in [3.05, 3.63) is 90.2 Å². The molecular formula is C40H44IrN3O3-. The van der Waals surface area contributed by atoms with E-state index in [9.17, 15) is 9.90 Å². The molecule has 6 aromatic rings. The molecule has 247 valence electrons. The van der Waals surface area contributed by atoms with Crippen molar-refractivity contribution in [2.45, 2.75) is 81.1 Å². The number of hydrogen-bond donors (Lipinski definition) is 1. The van der Waals surface area contributed by atoms with Gasteiger partial charge in [0.25, 0.3) is 0 Å². The molecule has 0 unspecified atom stereocenters. The van der Waals surface area contributed by atoms with E-state index in [0.29, 0.717) is 0 Å². The number of hydrogen-bond acceptors (Lipinski definition) is 6. The van der Waals surface area contributed by atoms with Gasteiger partial charge in [0.15, 0.2) is 5.78 Å². The molecule has 6 nitrogen and oxygen atoms in total. The number of rotatable bonds is 8. The van der Waals surface area contributed by atoms with E-state index in [4.69, 9.17) is 4.42 Å². The van der Waals surface area contributed by atoms with Gasteiger partial charge in [-0.25, -0.2) is 4.98 Å². The second kappa shape index (κ2) is 14.5. The first-order chi connectivity index (χ1) is 22.0. The molecule has 3 aromatic heterocycles. The quantitative estimate of drug-likeness (QED) is 0.0713. The molecule has 7 heteroatoms. The van der Waals surface area contributed by atoms with Crippen molar-refractivity contribution >= 4 is 49.4 Å². The molecule has 0 fully saturated rings. The fourth-order valence-corrected chi connectivity index (χ4v) is 5.97. The number of allylic oxidation sites excluding steroid dienone is 2. The van der Waals surface area contributed by atoms with Crippen molar-refractivity contribution in [3.63, 3.8) is 0 Å². The number of furan rings is 1. The molecule has 0 aliphatic carbocycles. The summed E-state index contributed by atoms with van der Waals surface area (Å²) in [6, 6.07) is 21.7. The number of nitrogens with zero attached hydrogens (tertiary/aromatic N) is 3. The van der Waals surface area contributed by atoms with E-state index in [1.807, 2.05) is 85.7 Å². The molecule has 3 heterocycles. The Hall–Kier alpha value is -3.93. The summed E-state index contributed by atoms with van der Waals surface area (Å²) in [4.78, 5) is 26.1. The van der Waals surface area contributed by atoms with Gasteiger partial charge in [-0.2, -0.15) is 0 Å². The molecule has 0 atom stereocenters. The molecule has 0 aliphatic rings. The van der Waals surface area contributed by atoms with E-state index in [0.717, 1.165) is 91.9 Å². The van der Waals surface area contributed by atoms with Crippen LogP contribution in [0.5, 0.6) is 0 Å². The van der Waals surface area contributed by atoms with Crippen LogP contribution in [-0.4, -0.2) is 25.8 Å². The van der Waals surface area contributed by atoms with Crippen molar-refractivity contribution in [3.8, 4) is 11.3 Å². The first kappa shape index (κ1) is 35.9. The fraction of sp³-hybridized carbons (Fsp3) is 0.350. The molecule has 0 aliphatic heterocycles. The summed E-state index contributed by atoms with van der Waals surface area (Å²) < 4.78 is 6.21. The second-order valence-electron chi connectivity index (χ2n) is 12.8. The smallest absolute Gasteiger partial charge is 0.164 e. The fourth-order valence-electron chi connectivity index (χ4n) is 5.97. The first-order valence-electron chi connectivity index (χ1n) is 16.3. The third kappa shape index (κ3) is 6.75. The maximum absolute atomic E-state index is 12.2. The molecule has 3 aromatic carbocycles.